The molecule has 0 saturated heterocycles. The van der Waals surface area contributed by atoms with Crippen LogP contribution in [-0.2, 0) is 10.0 Å². The lowest BCUT2D eigenvalue weighted by Gasteiger charge is -2.05. The number of hydrogen-bond acceptors (Lipinski definition) is 4. The largest absolute Gasteiger partial charge is 0.306 e. The lowest BCUT2D eigenvalue weighted by Crippen LogP contribution is -2.24. The second kappa shape index (κ2) is 5.42. The van der Waals surface area contributed by atoms with E-state index < -0.39 is 31.3 Å². The zero-order valence-corrected chi connectivity index (χ0v) is 10.5. The number of nitro benzene ring substituents is 1. The van der Waals surface area contributed by atoms with E-state index in [4.69, 9.17) is 11.6 Å². The minimum atomic E-state index is -3.99. The second-order valence-electron chi connectivity index (χ2n) is 3.21. The van der Waals surface area contributed by atoms with Gasteiger partial charge in [0.15, 0.2) is 0 Å². The molecule has 0 amide bonds. The van der Waals surface area contributed by atoms with E-state index in [0.717, 1.165) is 6.07 Å². The second-order valence-corrected chi connectivity index (χ2v) is 5.51. The van der Waals surface area contributed by atoms with Crippen molar-refractivity contribution < 1.29 is 17.7 Å². The number of nitrogens with one attached hydrogen (secondary N) is 1. The van der Waals surface area contributed by atoms with Crippen LogP contribution >= 0.6 is 11.6 Å². The predicted octanol–water partition coefficient (Wildman–Crippen LogP) is 1.76. The Kier molecular flexibility index (Phi) is 4.38. The summed E-state index contributed by atoms with van der Waals surface area (Å²) in [6, 6.07) is 2.26. The van der Waals surface area contributed by atoms with Gasteiger partial charge >= 0.3 is 5.69 Å². The molecule has 1 N–H and O–H groups in total. The molecular formula is C9H8ClFN2O4S. The van der Waals surface area contributed by atoms with Gasteiger partial charge in [-0.1, -0.05) is 18.2 Å². The van der Waals surface area contributed by atoms with Crippen molar-refractivity contribution in [3.8, 4) is 0 Å². The first-order valence-corrected chi connectivity index (χ1v) is 6.37. The Balaban J connectivity index is 3.14. The van der Waals surface area contributed by atoms with Gasteiger partial charge in [-0.05, 0) is 12.1 Å². The molecule has 0 unspecified atom stereocenters. The molecule has 18 heavy (non-hydrogen) atoms. The van der Waals surface area contributed by atoms with E-state index >= 15 is 0 Å². The Morgan fingerprint density at radius 3 is 2.67 bits per heavy atom. The van der Waals surface area contributed by atoms with E-state index in [1.807, 2.05) is 0 Å². The summed E-state index contributed by atoms with van der Waals surface area (Å²) < 4.78 is 38.4. The van der Waals surface area contributed by atoms with Crippen LogP contribution in [0.1, 0.15) is 0 Å². The van der Waals surface area contributed by atoms with E-state index in [2.05, 4.69) is 11.3 Å². The average Bonchev–Trinajstić information content (AvgIpc) is 2.26. The first kappa shape index (κ1) is 14.6. The molecule has 0 spiro atoms. The van der Waals surface area contributed by atoms with Crippen LogP contribution in [-0.4, -0.2) is 19.9 Å². The van der Waals surface area contributed by atoms with Gasteiger partial charge in [-0.25, -0.2) is 13.1 Å². The Bertz CT molecular complexity index is 603. The molecule has 0 aliphatic rings. The van der Waals surface area contributed by atoms with E-state index in [1.54, 1.807) is 0 Å². The number of benzene rings is 1. The molecular weight excluding hydrogens is 287 g/mol. The van der Waals surface area contributed by atoms with Crippen molar-refractivity contribution in [2.75, 3.05) is 6.54 Å². The molecule has 1 aromatic carbocycles. The van der Waals surface area contributed by atoms with Crippen LogP contribution in [0.15, 0.2) is 34.7 Å². The summed E-state index contributed by atoms with van der Waals surface area (Å²) in [7, 11) is -3.99. The van der Waals surface area contributed by atoms with Gasteiger partial charge in [0.1, 0.15) is 0 Å². The first-order valence-electron chi connectivity index (χ1n) is 4.51. The third-order valence-corrected chi connectivity index (χ3v) is 3.41. The van der Waals surface area contributed by atoms with Crippen LogP contribution in [0.3, 0.4) is 0 Å². The van der Waals surface area contributed by atoms with Crippen molar-refractivity contribution >= 4 is 27.3 Å². The van der Waals surface area contributed by atoms with Crippen LogP contribution in [0.2, 0.25) is 0 Å². The molecule has 0 aromatic heterocycles. The van der Waals surface area contributed by atoms with E-state index in [0.29, 0.717) is 12.1 Å². The minimum Gasteiger partial charge on any atom is -0.258 e. The van der Waals surface area contributed by atoms with Crippen LogP contribution in [0.25, 0.3) is 0 Å². The van der Waals surface area contributed by atoms with Crippen LogP contribution in [0.5, 0.6) is 0 Å². The highest BCUT2D eigenvalue weighted by atomic mass is 35.5. The third-order valence-electron chi connectivity index (χ3n) is 1.88. The van der Waals surface area contributed by atoms with Crippen molar-refractivity contribution in [2.45, 2.75) is 4.90 Å². The fourth-order valence-electron chi connectivity index (χ4n) is 1.06. The predicted molar refractivity (Wildman–Crippen MR) is 63.2 cm³/mol. The molecule has 0 bridgehead atoms. The van der Waals surface area contributed by atoms with Gasteiger partial charge in [-0.15, -0.1) is 0 Å². The molecule has 98 valence electrons. The summed E-state index contributed by atoms with van der Waals surface area (Å²) >= 11 is 5.39. The number of rotatable bonds is 5. The average molecular weight is 295 g/mol. The fourth-order valence-corrected chi connectivity index (χ4v) is 2.25. The standard InChI is InChI=1S/C9H8ClFN2O4S/c1-6(10)5-12-18(16,17)7-2-3-8(11)9(4-7)13(14)15/h2-4,12H,1,5H2. The summed E-state index contributed by atoms with van der Waals surface area (Å²) in [5.41, 5.74) is -0.914. The molecule has 0 radical (unpaired) electrons. The molecule has 0 atom stereocenters. The van der Waals surface area contributed by atoms with Gasteiger partial charge in [0.2, 0.25) is 15.8 Å². The zero-order valence-electron chi connectivity index (χ0n) is 8.89. The van der Waals surface area contributed by atoms with E-state index in [1.165, 1.54) is 0 Å². The Hall–Kier alpha value is -1.51. The van der Waals surface area contributed by atoms with Gasteiger partial charge < -0.3 is 0 Å². The summed E-state index contributed by atoms with van der Waals surface area (Å²) in [6.45, 7) is 3.05. The normalized spacial score (nSPS) is 11.2. The van der Waals surface area contributed by atoms with Gasteiger partial charge in [-0.2, -0.15) is 4.39 Å². The summed E-state index contributed by atoms with van der Waals surface area (Å²) in [4.78, 5) is 9.05. The molecule has 9 heteroatoms. The van der Waals surface area contributed by atoms with Gasteiger partial charge in [0, 0.05) is 17.6 Å². The van der Waals surface area contributed by atoms with Crippen LogP contribution in [0.4, 0.5) is 10.1 Å². The molecule has 0 aliphatic heterocycles. The molecule has 1 rings (SSSR count). The van der Waals surface area contributed by atoms with Crippen LogP contribution < -0.4 is 4.72 Å². The third kappa shape index (κ3) is 3.49. The molecule has 0 aliphatic carbocycles. The number of hydrogen-bond donors (Lipinski definition) is 1. The van der Waals surface area contributed by atoms with Crippen LogP contribution in [0, 0.1) is 15.9 Å². The van der Waals surface area contributed by atoms with E-state index in [9.17, 15) is 22.9 Å². The Morgan fingerprint density at radius 1 is 1.56 bits per heavy atom. The highest BCUT2D eigenvalue weighted by Crippen LogP contribution is 2.21. The maximum atomic E-state index is 13.0. The van der Waals surface area contributed by atoms with Crippen molar-refractivity contribution in [3.63, 3.8) is 0 Å². The fraction of sp³-hybridized carbons (Fsp3) is 0.111. The van der Waals surface area contributed by atoms with Gasteiger partial charge in [0.05, 0.1) is 9.82 Å². The van der Waals surface area contributed by atoms with Crippen molar-refractivity contribution in [1.29, 1.82) is 0 Å². The maximum Gasteiger partial charge on any atom is 0.306 e. The maximum absolute atomic E-state index is 13.0. The monoisotopic (exact) mass is 294 g/mol. The summed E-state index contributed by atoms with van der Waals surface area (Å²) in [5, 5.41) is 10.5. The SMILES string of the molecule is C=C(Cl)CNS(=O)(=O)c1ccc(F)c([N+](=O)[O-])c1. The first-order chi connectivity index (χ1) is 8.24. The number of sulfonamides is 1. The highest BCUT2D eigenvalue weighted by Gasteiger charge is 2.21. The molecule has 0 fully saturated rings. The highest BCUT2D eigenvalue weighted by molar-refractivity contribution is 7.89. The quantitative estimate of drug-likeness (QED) is 0.662. The minimum absolute atomic E-state index is 0.0511. The molecule has 1 aromatic rings. The topological polar surface area (TPSA) is 89.3 Å². The molecule has 0 heterocycles. The number of halogens is 2. The number of nitro groups is 1. The number of nitrogens with zero attached hydrogens (tertiary/aromatic N) is 1. The Morgan fingerprint density at radius 2 is 2.17 bits per heavy atom. The van der Waals surface area contributed by atoms with Gasteiger partial charge in [-0.3, -0.25) is 10.1 Å². The lowest BCUT2D eigenvalue weighted by molar-refractivity contribution is -0.387. The molecule has 0 saturated carbocycles. The smallest absolute Gasteiger partial charge is 0.258 e. The van der Waals surface area contributed by atoms with Crippen molar-refractivity contribution in [3.05, 3.63) is 45.7 Å². The van der Waals surface area contributed by atoms with E-state index in [-0.39, 0.29) is 11.6 Å². The summed E-state index contributed by atoms with van der Waals surface area (Å²) in [5.74, 6) is -1.11. The lowest BCUT2D eigenvalue weighted by atomic mass is 10.3. The van der Waals surface area contributed by atoms with Crippen molar-refractivity contribution in [2.24, 2.45) is 0 Å². The van der Waals surface area contributed by atoms with Crippen molar-refractivity contribution in [1.82, 2.24) is 4.72 Å². The van der Waals surface area contributed by atoms with Gasteiger partial charge in [0.25, 0.3) is 0 Å². The Labute approximate surface area is 107 Å². The summed E-state index contributed by atoms with van der Waals surface area (Å²) in [6.07, 6.45) is 0. The molecule has 6 nitrogen and oxygen atoms in total. The zero-order chi connectivity index (χ0) is 13.9.